The molecule has 2 heterocycles. The van der Waals surface area contributed by atoms with Gasteiger partial charge in [-0.1, -0.05) is 0 Å². The molecule has 1 amide bonds. The lowest BCUT2D eigenvalue weighted by molar-refractivity contribution is -0.145. The highest BCUT2D eigenvalue weighted by Crippen LogP contribution is 2.21. The van der Waals surface area contributed by atoms with Gasteiger partial charge in [-0.15, -0.1) is 0 Å². The van der Waals surface area contributed by atoms with Gasteiger partial charge in [0.2, 0.25) is 0 Å². The summed E-state index contributed by atoms with van der Waals surface area (Å²) in [6, 6.07) is 0.842. The number of hydrogen-bond donors (Lipinski definition) is 1. The van der Waals surface area contributed by atoms with Crippen LogP contribution in [0, 0.1) is 0 Å². The number of aliphatic hydroxyl groups is 1. The Morgan fingerprint density at radius 2 is 2.28 bits per heavy atom. The summed E-state index contributed by atoms with van der Waals surface area (Å²) in [6.45, 7) is 0.129. The van der Waals surface area contributed by atoms with E-state index < -0.39 is 18.1 Å². The molecular weight excluding hydrogens is 238 g/mol. The van der Waals surface area contributed by atoms with Crippen molar-refractivity contribution in [1.82, 2.24) is 14.7 Å². The number of nitrogens with zero attached hydrogens (tertiary/aromatic N) is 3. The first kappa shape index (κ1) is 12.6. The van der Waals surface area contributed by atoms with Crippen molar-refractivity contribution in [2.24, 2.45) is 7.05 Å². The molecule has 0 saturated carbocycles. The van der Waals surface area contributed by atoms with Crippen LogP contribution in [0.1, 0.15) is 16.9 Å². The maximum absolute atomic E-state index is 12.3. The van der Waals surface area contributed by atoms with Crippen LogP contribution in [0.4, 0.5) is 0 Å². The lowest BCUT2D eigenvalue weighted by Crippen LogP contribution is -2.41. The Hall–Kier alpha value is -1.89. The zero-order chi connectivity index (χ0) is 13.3. The van der Waals surface area contributed by atoms with E-state index in [-0.39, 0.29) is 18.9 Å². The molecular formula is C11H15N3O4. The molecule has 1 aromatic rings. The van der Waals surface area contributed by atoms with Crippen molar-refractivity contribution in [3.63, 3.8) is 0 Å². The van der Waals surface area contributed by atoms with Gasteiger partial charge < -0.3 is 14.7 Å². The quantitative estimate of drug-likeness (QED) is 0.695. The largest absolute Gasteiger partial charge is 0.467 e. The number of carbonyl (C=O) groups is 2. The highest BCUT2D eigenvalue weighted by atomic mass is 16.5. The fraction of sp³-hybridized carbons (Fsp3) is 0.545. The smallest absolute Gasteiger partial charge is 0.328 e. The van der Waals surface area contributed by atoms with E-state index in [1.807, 2.05) is 0 Å². The van der Waals surface area contributed by atoms with Gasteiger partial charge in [0.05, 0.1) is 13.2 Å². The first-order chi connectivity index (χ1) is 8.54. The standard InChI is InChI=1S/C11H15N3O4/c1-13-8(3-4-12-13)10(16)14-6-7(15)5-9(14)11(17)18-2/h3-4,7,9,15H,5-6H2,1-2H3. The molecule has 1 saturated heterocycles. The molecule has 2 rings (SSSR count). The molecule has 0 bridgehead atoms. The summed E-state index contributed by atoms with van der Waals surface area (Å²) in [6.07, 6.45) is 1.01. The first-order valence-corrected chi connectivity index (χ1v) is 5.59. The Bertz CT molecular complexity index is 471. The normalized spacial score (nSPS) is 23.2. The lowest BCUT2D eigenvalue weighted by Gasteiger charge is -2.22. The lowest BCUT2D eigenvalue weighted by atomic mass is 10.2. The van der Waals surface area contributed by atoms with Gasteiger partial charge in [-0.3, -0.25) is 9.48 Å². The first-order valence-electron chi connectivity index (χ1n) is 5.59. The highest BCUT2D eigenvalue weighted by molar-refractivity contribution is 5.95. The number of esters is 1. The number of aliphatic hydroxyl groups excluding tert-OH is 1. The zero-order valence-corrected chi connectivity index (χ0v) is 10.2. The maximum Gasteiger partial charge on any atom is 0.328 e. The maximum atomic E-state index is 12.3. The molecule has 18 heavy (non-hydrogen) atoms. The fourth-order valence-electron chi connectivity index (χ4n) is 2.13. The van der Waals surface area contributed by atoms with Crippen molar-refractivity contribution in [3.05, 3.63) is 18.0 Å². The predicted molar refractivity (Wildman–Crippen MR) is 60.7 cm³/mol. The number of amides is 1. The van der Waals surface area contributed by atoms with Crippen LogP contribution in [0.5, 0.6) is 0 Å². The van der Waals surface area contributed by atoms with Gasteiger partial charge in [-0.2, -0.15) is 5.10 Å². The summed E-state index contributed by atoms with van der Waals surface area (Å²) in [4.78, 5) is 25.2. The van der Waals surface area contributed by atoms with E-state index in [1.165, 1.54) is 22.9 Å². The van der Waals surface area contributed by atoms with Crippen LogP contribution in [-0.2, 0) is 16.6 Å². The molecule has 1 N–H and O–H groups in total. The highest BCUT2D eigenvalue weighted by Gasteiger charge is 2.40. The van der Waals surface area contributed by atoms with Crippen LogP contribution in [0.2, 0.25) is 0 Å². The minimum Gasteiger partial charge on any atom is -0.467 e. The predicted octanol–water partition coefficient (Wildman–Crippen LogP) is -0.832. The van der Waals surface area contributed by atoms with Crippen molar-refractivity contribution in [2.45, 2.75) is 18.6 Å². The average Bonchev–Trinajstić information content (AvgIpc) is 2.93. The van der Waals surface area contributed by atoms with Crippen molar-refractivity contribution < 1.29 is 19.4 Å². The van der Waals surface area contributed by atoms with E-state index in [9.17, 15) is 14.7 Å². The van der Waals surface area contributed by atoms with E-state index in [0.717, 1.165) is 0 Å². The number of likely N-dealkylation sites (tertiary alicyclic amines) is 1. The third kappa shape index (κ3) is 2.08. The molecule has 2 unspecified atom stereocenters. The summed E-state index contributed by atoms with van der Waals surface area (Å²) in [5.74, 6) is -0.844. The number of β-amino-alcohol motifs (C(OH)–C–C–N with tert-alkyl or cyclic N) is 1. The molecule has 7 nitrogen and oxygen atoms in total. The van der Waals surface area contributed by atoms with Gasteiger partial charge in [0.1, 0.15) is 11.7 Å². The van der Waals surface area contributed by atoms with Crippen LogP contribution in [0.15, 0.2) is 12.3 Å². The van der Waals surface area contributed by atoms with Crippen LogP contribution < -0.4 is 0 Å². The minimum absolute atomic E-state index is 0.129. The number of hydrogen-bond acceptors (Lipinski definition) is 5. The number of ether oxygens (including phenoxy) is 1. The summed E-state index contributed by atoms with van der Waals surface area (Å²) < 4.78 is 6.08. The molecule has 2 atom stereocenters. The fourth-order valence-corrected chi connectivity index (χ4v) is 2.13. The minimum atomic E-state index is -0.729. The molecule has 0 spiro atoms. The van der Waals surface area contributed by atoms with E-state index in [1.54, 1.807) is 13.1 Å². The molecule has 1 aliphatic heterocycles. The second kappa shape index (κ2) is 4.77. The van der Waals surface area contributed by atoms with E-state index >= 15 is 0 Å². The Kier molecular flexibility index (Phi) is 3.33. The van der Waals surface area contributed by atoms with Gasteiger partial charge in [0.15, 0.2) is 0 Å². The Balaban J connectivity index is 2.23. The van der Waals surface area contributed by atoms with Crippen molar-refractivity contribution >= 4 is 11.9 Å². The number of carbonyl (C=O) groups excluding carboxylic acids is 2. The van der Waals surface area contributed by atoms with Crippen molar-refractivity contribution in [1.29, 1.82) is 0 Å². The monoisotopic (exact) mass is 253 g/mol. The van der Waals surface area contributed by atoms with Gasteiger partial charge in [0.25, 0.3) is 5.91 Å². The molecule has 1 aromatic heterocycles. The van der Waals surface area contributed by atoms with Crippen LogP contribution in [0.3, 0.4) is 0 Å². The van der Waals surface area contributed by atoms with Gasteiger partial charge >= 0.3 is 5.97 Å². The van der Waals surface area contributed by atoms with Crippen molar-refractivity contribution in [2.75, 3.05) is 13.7 Å². The molecule has 98 valence electrons. The number of methoxy groups -OCH3 is 1. The molecule has 1 fully saturated rings. The van der Waals surface area contributed by atoms with E-state index in [2.05, 4.69) is 9.84 Å². The number of aromatic nitrogens is 2. The van der Waals surface area contributed by atoms with Gasteiger partial charge in [0, 0.05) is 26.2 Å². The van der Waals surface area contributed by atoms with Crippen molar-refractivity contribution in [3.8, 4) is 0 Å². The van der Waals surface area contributed by atoms with Gasteiger partial charge in [-0.25, -0.2) is 4.79 Å². The molecule has 1 aliphatic rings. The number of aryl methyl sites for hydroxylation is 1. The second-order valence-corrected chi connectivity index (χ2v) is 4.23. The average molecular weight is 253 g/mol. The molecule has 0 radical (unpaired) electrons. The Morgan fingerprint density at radius 3 is 2.83 bits per heavy atom. The Labute approximate surface area is 104 Å². The molecule has 0 aromatic carbocycles. The third-order valence-corrected chi connectivity index (χ3v) is 3.05. The zero-order valence-electron chi connectivity index (χ0n) is 10.2. The van der Waals surface area contributed by atoms with E-state index in [0.29, 0.717) is 5.69 Å². The molecule has 0 aliphatic carbocycles. The SMILES string of the molecule is COC(=O)C1CC(O)CN1C(=O)c1ccnn1C. The van der Waals surface area contributed by atoms with E-state index in [4.69, 9.17) is 0 Å². The van der Waals surface area contributed by atoms with Crippen LogP contribution in [0.25, 0.3) is 0 Å². The third-order valence-electron chi connectivity index (χ3n) is 3.05. The summed E-state index contributed by atoms with van der Waals surface area (Å²) in [7, 11) is 2.91. The topological polar surface area (TPSA) is 84.7 Å². The molecule has 7 heteroatoms. The van der Waals surface area contributed by atoms with Crippen LogP contribution in [-0.4, -0.2) is 57.5 Å². The summed E-state index contributed by atoms with van der Waals surface area (Å²) in [5, 5.41) is 13.5. The number of rotatable bonds is 2. The Morgan fingerprint density at radius 1 is 1.56 bits per heavy atom. The summed E-state index contributed by atoms with van der Waals surface area (Å²) >= 11 is 0. The second-order valence-electron chi connectivity index (χ2n) is 4.23. The van der Waals surface area contributed by atoms with Gasteiger partial charge in [-0.05, 0) is 6.07 Å². The summed E-state index contributed by atoms with van der Waals surface area (Å²) in [5.41, 5.74) is 0.373. The van der Waals surface area contributed by atoms with Crippen LogP contribution >= 0.6 is 0 Å².